The smallest absolute Gasteiger partial charge is 0.201 e. The summed E-state index contributed by atoms with van der Waals surface area (Å²) in [7, 11) is 0. The SMILES string of the molecule is Oc1c(O)c(-c2ccc3ccc4cccc5ccc2c3c45)c(O)c(-c2ccc3ccc4cccc5ccc2c3c45)c1O. The quantitative estimate of drug-likeness (QED) is 0.0996. The average molecular weight is 543 g/mol. The van der Waals surface area contributed by atoms with Crippen molar-refractivity contribution in [3.05, 3.63) is 109 Å². The molecule has 0 atom stereocenters. The minimum Gasteiger partial charge on any atom is -0.506 e. The van der Waals surface area contributed by atoms with Gasteiger partial charge in [-0.2, -0.15) is 0 Å². The number of phenols is 4. The standard InChI is InChI=1S/C38H22O4/c39-35-33(27-17-13-23-9-7-19-3-1-5-21-11-15-25(27)31(23)29(19)21)36(40)38(42)37(41)34(35)28-18-14-24-10-8-20-4-2-6-22-12-16-26(28)32(24)30(20)22/h1-18,39-42H. The minimum atomic E-state index is -0.672. The van der Waals surface area contributed by atoms with Crippen LogP contribution in [-0.2, 0) is 0 Å². The second-order valence-electron chi connectivity index (χ2n) is 11.1. The van der Waals surface area contributed by atoms with E-state index in [1.54, 1.807) is 0 Å². The van der Waals surface area contributed by atoms with Crippen LogP contribution < -0.4 is 0 Å². The average Bonchev–Trinajstić information content (AvgIpc) is 3.02. The largest absolute Gasteiger partial charge is 0.506 e. The van der Waals surface area contributed by atoms with Gasteiger partial charge in [0.1, 0.15) is 5.75 Å². The third-order valence-electron chi connectivity index (χ3n) is 8.99. The van der Waals surface area contributed by atoms with E-state index in [0.717, 1.165) is 64.6 Å². The second-order valence-corrected chi connectivity index (χ2v) is 11.1. The Kier molecular flexibility index (Phi) is 4.34. The highest BCUT2D eigenvalue weighted by atomic mass is 16.3. The third-order valence-corrected chi connectivity index (χ3v) is 8.99. The summed E-state index contributed by atoms with van der Waals surface area (Å²) in [5.41, 5.74) is 1.27. The van der Waals surface area contributed by atoms with Crippen LogP contribution in [0.15, 0.2) is 109 Å². The van der Waals surface area contributed by atoms with E-state index in [9.17, 15) is 20.4 Å². The van der Waals surface area contributed by atoms with Crippen molar-refractivity contribution in [1.82, 2.24) is 0 Å². The molecule has 198 valence electrons. The first-order valence-electron chi connectivity index (χ1n) is 13.8. The molecule has 0 saturated carbocycles. The zero-order valence-corrected chi connectivity index (χ0v) is 22.2. The number of aromatic hydroxyl groups is 4. The van der Waals surface area contributed by atoms with Gasteiger partial charge >= 0.3 is 0 Å². The van der Waals surface area contributed by atoms with Gasteiger partial charge in [0.05, 0.1) is 11.1 Å². The Morgan fingerprint density at radius 1 is 0.286 bits per heavy atom. The number of hydrogen-bond acceptors (Lipinski definition) is 4. The zero-order valence-electron chi connectivity index (χ0n) is 22.2. The molecule has 0 heterocycles. The van der Waals surface area contributed by atoms with Crippen LogP contribution in [0.2, 0.25) is 0 Å². The first-order valence-corrected chi connectivity index (χ1v) is 13.8. The van der Waals surface area contributed by atoms with Gasteiger partial charge in [-0.05, 0) is 75.8 Å². The van der Waals surface area contributed by atoms with Crippen molar-refractivity contribution in [2.75, 3.05) is 0 Å². The maximum Gasteiger partial charge on any atom is 0.201 e. The number of hydrogen-bond donors (Lipinski definition) is 4. The van der Waals surface area contributed by atoms with Crippen molar-refractivity contribution in [3.8, 4) is 45.3 Å². The Hall–Kier alpha value is -5.74. The summed E-state index contributed by atoms with van der Waals surface area (Å²) in [6.07, 6.45) is 0. The molecule has 0 aromatic heterocycles. The molecule has 0 fully saturated rings. The first kappa shape index (κ1) is 23.0. The minimum absolute atomic E-state index is 0.0731. The topological polar surface area (TPSA) is 80.9 Å². The summed E-state index contributed by atoms with van der Waals surface area (Å²) in [5.74, 6) is -2.11. The van der Waals surface area contributed by atoms with E-state index < -0.39 is 17.2 Å². The van der Waals surface area contributed by atoms with Crippen molar-refractivity contribution in [2.45, 2.75) is 0 Å². The lowest BCUT2D eigenvalue weighted by atomic mass is 9.86. The summed E-state index contributed by atoms with van der Waals surface area (Å²) >= 11 is 0. The van der Waals surface area contributed by atoms with Crippen molar-refractivity contribution >= 4 is 64.6 Å². The summed E-state index contributed by atoms with van der Waals surface area (Å²) in [4.78, 5) is 0. The lowest BCUT2D eigenvalue weighted by molar-refractivity contribution is 0.364. The molecule has 0 aliphatic heterocycles. The Morgan fingerprint density at radius 2 is 0.619 bits per heavy atom. The lowest BCUT2D eigenvalue weighted by Crippen LogP contribution is -1.92. The number of phenolic OH excluding ortho intramolecular Hbond substituents is 4. The predicted molar refractivity (Wildman–Crippen MR) is 171 cm³/mol. The highest BCUT2D eigenvalue weighted by Crippen LogP contribution is 2.57. The molecule has 0 aliphatic rings. The third kappa shape index (κ3) is 2.80. The Bertz CT molecular complexity index is 2360. The van der Waals surface area contributed by atoms with Gasteiger partial charge in [0.25, 0.3) is 0 Å². The molecule has 0 bridgehead atoms. The van der Waals surface area contributed by atoms with Crippen LogP contribution in [0, 0.1) is 0 Å². The van der Waals surface area contributed by atoms with Crippen LogP contribution in [0.5, 0.6) is 23.0 Å². The Balaban J connectivity index is 1.40. The van der Waals surface area contributed by atoms with Crippen molar-refractivity contribution in [1.29, 1.82) is 0 Å². The van der Waals surface area contributed by atoms with Crippen molar-refractivity contribution < 1.29 is 20.4 Å². The summed E-state index contributed by atoms with van der Waals surface area (Å²) in [5, 5.41) is 57.9. The van der Waals surface area contributed by atoms with E-state index in [1.807, 2.05) is 60.7 Å². The van der Waals surface area contributed by atoms with E-state index in [2.05, 4.69) is 48.5 Å². The van der Waals surface area contributed by atoms with Crippen molar-refractivity contribution in [3.63, 3.8) is 0 Å². The fourth-order valence-corrected chi connectivity index (χ4v) is 7.12. The van der Waals surface area contributed by atoms with Gasteiger partial charge in [-0.15, -0.1) is 0 Å². The normalized spacial score (nSPS) is 12.2. The van der Waals surface area contributed by atoms with E-state index in [-0.39, 0.29) is 16.9 Å². The van der Waals surface area contributed by atoms with Gasteiger partial charge in [0.15, 0.2) is 11.5 Å². The molecule has 9 rings (SSSR count). The van der Waals surface area contributed by atoms with E-state index in [0.29, 0.717) is 11.1 Å². The summed E-state index contributed by atoms with van der Waals surface area (Å²) < 4.78 is 0. The predicted octanol–water partition coefficient (Wildman–Crippen LogP) is 9.64. The monoisotopic (exact) mass is 542 g/mol. The molecule has 4 heteroatoms. The molecule has 9 aromatic carbocycles. The molecule has 4 N–H and O–H groups in total. The van der Waals surface area contributed by atoms with Gasteiger partial charge in [0, 0.05) is 0 Å². The van der Waals surface area contributed by atoms with E-state index in [1.165, 1.54) is 0 Å². The van der Waals surface area contributed by atoms with Crippen LogP contribution in [0.25, 0.3) is 86.9 Å². The van der Waals surface area contributed by atoms with Crippen molar-refractivity contribution in [2.24, 2.45) is 0 Å². The Labute approximate surface area is 239 Å². The highest BCUT2D eigenvalue weighted by Gasteiger charge is 2.28. The van der Waals surface area contributed by atoms with Crippen LogP contribution in [0.4, 0.5) is 0 Å². The molecule has 0 aliphatic carbocycles. The van der Waals surface area contributed by atoms with Gasteiger partial charge in [-0.25, -0.2) is 0 Å². The summed E-state index contributed by atoms with van der Waals surface area (Å²) in [6, 6.07) is 36.3. The number of benzene rings is 9. The van der Waals surface area contributed by atoms with Gasteiger partial charge in [-0.3, -0.25) is 0 Å². The maximum absolute atomic E-state index is 11.9. The molecule has 42 heavy (non-hydrogen) atoms. The van der Waals surface area contributed by atoms with E-state index >= 15 is 0 Å². The van der Waals surface area contributed by atoms with Gasteiger partial charge < -0.3 is 20.4 Å². The molecule has 0 amide bonds. The molecular weight excluding hydrogens is 520 g/mol. The number of rotatable bonds is 2. The zero-order chi connectivity index (χ0) is 28.3. The van der Waals surface area contributed by atoms with E-state index in [4.69, 9.17) is 0 Å². The molecule has 0 radical (unpaired) electrons. The second kappa shape index (κ2) is 7.93. The lowest BCUT2D eigenvalue weighted by Gasteiger charge is -2.20. The maximum atomic E-state index is 11.9. The molecule has 0 spiro atoms. The van der Waals surface area contributed by atoms with Gasteiger partial charge in [0.2, 0.25) is 5.75 Å². The van der Waals surface area contributed by atoms with Crippen LogP contribution in [-0.4, -0.2) is 20.4 Å². The highest BCUT2D eigenvalue weighted by molar-refractivity contribution is 6.27. The fraction of sp³-hybridized carbons (Fsp3) is 0. The summed E-state index contributed by atoms with van der Waals surface area (Å²) in [6.45, 7) is 0. The molecule has 0 unspecified atom stereocenters. The molecular formula is C38H22O4. The fourth-order valence-electron chi connectivity index (χ4n) is 7.12. The first-order chi connectivity index (χ1) is 20.5. The van der Waals surface area contributed by atoms with Crippen LogP contribution in [0.1, 0.15) is 0 Å². The molecule has 0 saturated heterocycles. The van der Waals surface area contributed by atoms with Crippen LogP contribution in [0.3, 0.4) is 0 Å². The molecule has 4 nitrogen and oxygen atoms in total. The van der Waals surface area contributed by atoms with Gasteiger partial charge in [-0.1, -0.05) is 109 Å². The molecule has 9 aromatic rings. The van der Waals surface area contributed by atoms with Crippen LogP contribution >= 0.6 is 0 Å². The Morgan fingerprint density at radius 3 is 1.02 bits per heavy atom.